The number of benzene rings is 1. The first-order valence-electron chi connectivity index (χ1n) is 6.59. The largest absolute Gasteiger partial charge is 0.396 e. The third-order valence-corrected chi connectivity index (χ3v) is 3.70. The zero-order valence-electron chi connectivity index (χ0n) is 11.4. The second-order valence-electron chi connectivity index (χ2n) is 5.09. The molecule has 0 aliphatic carbocycles. The molecular formula is C15H20N2O2. The van der Waals surface area contributed by atoms with Crippen LogP contribution in [0.1, 0.15) is 37.0 Å². The molecule has 3 N–H and O–H groups in total. The molecule has 1 heterocycles. The molecule has 0 saturated carbocycles. The fourth-order valence-electron chi connectivity index (χ4n) is 2.20. The van der Waals surface area contributed by atoms with Gasteiger partial charge in [0.05, 0.1) is 0 Å². The van der Waals surface area contributed by atoms with Gasteiger partial charge in [0.2, 0.25) is 0 Å². The number of fused-ring (bicyclic) bond motifs is 1. The molecule has 0 aliphatic rings. The van der Waals surface area contributed by atoms with Crippen molar-refractivity contribution in [2.75, 3.05) is 6.61 Å². The fraction of sp³-hybridized carbons (Fsp3) is 0.400. The lowest BCUT2D eigenvalue weighted by Gasteiger charge is -2.29. The molecular weight excluding hydrogens is 240 g/mol. The van der Waals surface area contributed by atoms with Gasteiger partial charge in [0, 0.05) is 34.8 Å². The normalized spacial score (nSPS) is 14.3. The lowest BCUT2D eigenvalue weighted by Crippen LogP contribution is -2.46. The fourth-order valence-corrected chi connectivity index (χ4v) is 2.20. The Morgan fingerprint density at radius 1 is 1.42 bits per heavy atom. The topological polar surface area (TPSA) is 65.1 Å². The monoisotopic (exact) mass is 260 g/mol. The Morgan fingerprint density at radius 3 is 2.89 bits per heavy atom. The summed E-state index contributed by atoms with van der Waals surface area (Å²) in [6, 6.07) is 7.53. The zero-order chi connectivity index (χ0) is 13.9. The number of amides is 1. The SMILES string of the molecule is CCC(C)(CCO)NC(=O)c1cccc2[nH]ccc12. The minimum Gasteiger partial charge on any atom is -0.396 e. The lowest BCUT2D eigenvalue weighted by molar-refractivity contribution is 0.0888. The molecule has 1 unspecified atom stereocenters. The molecule has 0 bridgehead atoms. The van der Waals surface area contributed by atoms with Crippen molar-refractivity contribution in [1.82, 2.24) is 10.3 Å². The molecule has 4 nitrogen and oxygen atoms in total. The molecule has 0 radical (unpaired) electrons. The highest BCUT2D eigenvalue weighted by Crippen LogP contribution is 2.20. The van der Waals surface area contributed by atoms with Crippen LogP contribution >= 0.6 is 0 Å². The van der Waals surface area contributed by atoms with Crippen LogP contribution in [0.3, 0.4) is 0 Å². The molecule has 0 aliphatic heterocycles. The summed E-state index contributed by atoms with van der Waals surface area (Å²) < 4.78 is 0. The maximum Gasteiger partial charge on any atom is 0.252 e. The maximum absolute atomic E-state index is 12.4. The summed E-state index contributed by atoms with van der Waals surface area (Å²) in [6.07, 6.45) is 3.16. The van der Waals surface area contributed by atoms with Crippen LogP contribution in [0.4, 0.5) is 0 Å². The summed E-state index contributed by atoms with van der Waals surface area (Å²) in [5.74, 6) is -0.0944. The molecule has 1 aromatic carbocycles. The number of aromatic nitrogens is 1. The highest BCUT2D eigenvalue weighted by atomic mass is 16.3. The summed E-state index contributed by atoms with van der Waals surface area (Å²) in [5, 5.41) is 13.0. The molecule has 1 amide bonds. The van der Waals surface area contributed by atoms with E-state index >= 15 is 0 Å². The van der Waals surface area contributed by atoms with Crippen LogP contribution in [-0.4, -0.2) is 28.1 Å². The van der Waals surface area contributed by atoms with Crippen molar-refractivity contribution in [2.45, 2.75) is 32.2 Å². The summed E-state index contributed by atoms with van der Waals surface area (Å²) in [5.41, 5.74) is 1.24. The first kappa shape index (κ1) is 13.6. The maximum atomic E-state index is 12.4. The van der Waals surface area contributed by atoms with E-state index in [2.05, 4.69) is 10.3 Å². The van der Waals surface area contributed by atoms with Gasteiger partial charge in [0.1, 0.15) is 0 Å². The molecule has 1 aromatic heterocycles. The third-order valence-electron chi connectivity index (χ3n) is 3.70. The predicted octanol–water partition coefficient (Wildman–Crippen LogP) is 2.45. The van der Waals surface area contributed by atoms with Crippen molar-refractivity contribution >= 4 is 16.8 Å². The van der Waals surface area contributed by atoms with E-state index in [9.17, 15) is 4.79 Å². The van der Waals surface area contributed by atoms with Gasteiger partial charge in [-0.1, -0.05) is 13.0 Å². The number of aromatic amines is 1. The number of H-pyrrole nitrogens is 1. The number of aliphatic hydroxyl groups is 1. The van der Waals surface area contributed by atoms with E-state index in [1.54, 1.807) is 0 Å². The van der Waals surface area contributed by atoms with Gasteiger partial charge in [-0.3, -0.25) is 4.79 Å². The van der Waals surface area contributed by atoms with Crippen LogP contribution in [0.5, 0.6) is 0 Å². The molecule has 2 rings (SSSR count). The van der Waals surface area contributed by atoms with Gasteiger partial charge in [-0.2, -0.15) is 0 Å². The van der Waals surface area contributed by atoms with Crippen LogP contribution in [0, 0.1) is 0 Å². The molecule has 0 fully saturated rings. The number of hydrogen-bond donors (Lipinski definition) is 3. The highest BCUT2D eigenvalue weighted by molar-refractivity contribution is 6.06. The molecule has 4 heteroatoms. The zero-order valence-corrected chi connectivity index (χ0v) is 11.4. The van der Waals surface area contributed by atoms with Crippen molar-refractivity contribution in [3.05, 3.63) is 36.0 Å². The second kappa shape index (κ2) is 5.45. The van der Waals surface area contributed by atoms with Crippen molar-refractivity contribution < 1.29 is 9.90 Å². The predicted molar refractivity (Wildman–Crippen MR) is 76.2 cm³/mol. The van der Waals surface area contributed by atoms with Gasteiger partial charge in [0.15, 0.2) is 0 Å². The average Bonchev–Trinajstić information content (AvgIpc) is 2.86. The lowest BCUT2D eigenvalue weighted by atomic mass is 9.94. The van der Waals surface area contributed by atoms with Crippen molar-refractivity contribution in [3.8, 4) is 0 Å². The number of nitrogens with one attached hydrogen (secondary N) is 2. The van der Waals surface area contributed by atoms with E-state index in [1.165, 1.54) is 0 Å². The average molecular weight is 260 g/mol. The van der Waals surface area contributed by atoms with Gasteiger partial charge in [-0.05, 0) is 38.0 Å². The van der Waals surface area contributed by atoms with E-state index in [4.69, 9.17) is 5.11 Å². The van der Waals surface area contributed by atoms with Crippen molar-refractivity contribution in [1.29, 1.82) is 0 Å². The van der Waals surface area contributed by atoms with E-state index in [-0.39, 0.29) is 18.1 Å². The first-order chi connectivity index (χ1) is 9.09. The Balaban J connectivity index is 2.27. The molecule has 19 heavy (non-hydrogen) atoms. The second-order valence-corrected chi connectivity index (χ2v) is 5.09. The Kier molecular flexibility index (Phi) is 3.90. The molecule has 1 atom stereocenters. The molecule has 0 spiro atoms. The minimum absolute atomic E-state index is 0.0684. The number of aliphatic hydroxyl groups excluding tert-OH is 1. The van der Waals surface area contributed by atoms with Gasteiger partial charge >= 0.3 is 0 Å². The summed E-state index contributed by atoms with van der Waals surface area (Å²) in [7, 11) is 0. The third kappa shape index (κ3) is 2.79. The van der Waals surface area contributed by atoms with E-state index in [0.717, 1.165) is 17.3 Å². The molecule has 0 saturated heterocycles. The van der Waals surface area contributed by atoms with Crippen molar-refractivity contribution in [2.24, 2.45) is 0 Å². The summed E-state index contributed by atoms with van der Waals surface area (Å²) in [4.78, 5) is 15.5. The van der Waals surface area contributed by atoms with Crippen LogP contribution in [0.15, 0.2) is 30.5 Å². The van der Waals surface area contributed by atoms with Crippen LogP contribution < -0.4 is 5.32 Å². The van der Waals surface area contributed by atoms with Crippen LogP contribution in [0.2, 0.25) is 0 Å². The minimum atomic E-state index is -0.371. The van der Waals surface area contributed by atoms with Gasteiger partial charge in [-0.25, -0.2) is 0 Å². The molecule has 2 aromatic rings. The van der Waals surface area contributed by atoms with Gasteiger partial charge in [-0.15, -0.1) is 0 Å². The summed E-state index contributed by atoms with van der Waals surface area (Å²) >= 11 is 0. The van der Waals surface area contributed by atoms with Gasteiger partial charge in [0.25, 0.3) is 5.91 Å². The number of carbonyl (C=O) groups excluding carboxylic acids is 1. The summed E-state index contributed by atoms with van der Waals surface area (Å²) in [6.45, 7) is 4.03. The quantitative estimate of drug-likeness (QED) is 0.773. The van der Waals surface area contributed by atoms with Gasteiger partial charge < -0.3 is 15.4 Å². The van der Waals surface area contributed by atoms with E-state index in [1.807, 2.05) is 44.3 Å². The Labute approximate surface area is 112 Å². The van der Waals surface area contributed by atoms with Crippen molar-refractivity contribution in [3.63, 3.8) is 0 Å². The molecule has 102 valence electrons. The Morgan fingerprint density at radius 2 is 2.21 bits per heavy atom. The standard InChI is InChI=1S/C15H20N2O2/c1-3-15(2,8-10-18)17-14(19)12-5-4-6-13-11(12)7-9-16-13/h4-7,9,16,18H,3,8,10H2,1-2H3,(H,17,19). The van der Waals surface area contributed by atoms with E-state index < -0.39 is 0 Å². The number of rotatable bonds is 5. The van der Waals surface area contributed by atoms with E-state index in [0.29, 0.717) is 12.0 Å². The Hall–Kier alpha value is -1.81. The smallest absolute Gasteiger partial charge is 0.252 e. The van der Waals surface area contributed by atoms with Crippen LogP contribution in [-0.2, 0) is 0 Å². The number of hydrogen-bond acceptors (Lipinski definition) is 2. The highest BCUT2D eigenvalue weighted by Gasteiger charge is 2.24. The van der Waals surface area contributed by atoms with Crippen LogP contribution in [0.25, 0.3) is 10.9 Å². The Bertz CT molecular complexity index is 576. The first-order valence-corrected chi connectivity index (χ1v) is 6.59. The number of carbonyl (C=O) groups is 1.